The molecule has 0 amide bonds. The number of fused-ring (bicyclic) bond motifs is 1. The Labute approximate surface area is 133 Å². The summed E-state index contributed by atoms with van der Waals surface area (Å²) in [5, 5.41) is 3.37. The third kappa shape index (κ3) is 2.26. The van der Waals surface area contributed by atoms with Crippen LogP contribution >= 0.6 is 15.9 Å². The Kier molecular flexibility index (Phi) is 3.21. The minimum Gasteiger partial charge on any atom is -0.369 e. The molecule has 3 nitrogen and oxygen atoms in total. The van der Waals surface area contributed by atoms with Crippen molar-refractivity contribution in [2.24, 2.45) is 0 Å². The highest BCUT2D eigenvalue weighted by atomic mass is 79.9. The molecule has 0 aliphatic heterocycles. The van der Waals surface area contributed by atoms with Gasteiger partial charge in [0.05, 0.1) is 10.2 Å². The monoisotopic (exact) mass is 343 g/mol. The molecule has 1 aromatic carbocycles. The van der Waals surface area contributed by atoms with Crippen molar-refractivity contribution in [2.75, 3.05) is 11.9 Å². The van der Waals surface area contributed by atoms with Crippen molar-refractivity contribution >= 4 is 21.7 Å². The first-order valence-corrected chi connectivity index (χ1v) is 8.46. The van der Waals surface area contributed by atoms with Gasteiger partial charge in [-0.05, 0) is 53.2 Å². The van der Waals surface area contributed by atoms with Gasteiger partial charge in [0.1, 0.15) is 11.6 Å². The van der Waals surface area contributed by atoms with E-state index >= 15 is 0 Å². The lowest BCUT2D eigenvalue weighted by molar-refractivity contribution is 0.653. The molecule has 108 valence electrons. The SMILES string of the molecule is CCNc1nc(C2Cc3ccccc32)nc(C2CC2)c1Br. The normalized spacial score (nSPS) is 19.8. The van der Waals surface area contributed by atoms with Crippen LogP contribution in [0.3, 0.4) is 0 Å². The average Bonchev–Trinajstić information content (AvgIpc) is 3.28. The van der Waals surface area contributed by atoms with E-state index in [-0.39, 0.29) is 0 Å². The third-order valence-corrected chi connectivity index (χ3v) is 5.15. The minimum absolute atomic E-state index is 0.365. The summed E-state index contributed by atoms with van der Waals surface area (Å²) in [5.41, 5.74) is 4.02. The molecule has 1 fully saturated rings. The van der Waals surface area contributed by atoms with E-state index in [4.69, 9.17) is 9.97 Å². The van der Waals surface area contributed by atoms with Crippen LogP contribution in [-0.4, -0.2) is 16.5 Å². The molecule has 1 atom stereocenters. The number of hydrogen-bond acceptors (Lipinski definition) is 3. The van der Waals surface area contributed by atoms with Crippen molar-refractivity contribution in [3.8, 4) is 0 Å². The maximum Gasteiger partial charge on any atom is 0.144 e. The van der Waals surface area contributed by atoms with Gasteiger partial charge in [0.2, 0.25) is 0 Å². The Morgan fingerprint density at radius 1 is 1.24 bits per heavy atom. The Hall–Kier alpha value is -1.42. The Balaban J connectivity index is 1.76. The second-order valence-corrected chi connectivity index (χ2v) is 6.68. The summed E-state index contributed by atoms with van der Waals surface area (Å²) in [7, 11) is 0. The summed E-state index contributed by atoms with van der Waals surface area (Å²) in [6, 6.07) is 8.63. The predicted octanol–water partition coefficient (Wildman–Crippen LogP) is 4.24. The van der Waals surface area contributed by atoms with Gasteiger partial charge in [-0.2, -0.15) is 0 Å². The fourth-order valence-corrected chi connectivity index (χ4v) is 3.68. The number of nitrogens with one attached hydrogen (secondary N) is 1. The van der Waals surface area contributed by atoms with E-state index in [1.807, 2.05) is 0 Å². The van der Waals surface area contributed by atoms with Gasteiger partial charge in [-0.25, -0.2) is 9.97 Å². The van der Waals surface area contributed by atoms with Gasteiger partial charge < -0.3 is 5.32 Å². The highest BCUT2D eigenvalue weighted by Crippen LogP contribution is 2.46. The summed E-state index contributed by atoms with van der Waals surface area (Å²) in [6.07, 6.45) is 3.57. The number of halogens is 1. The van der Waals surface area contributed by atoms with Gasteiger partial charge in [0, 0.05) is 18.4 Å². The van der Waals surface area contributed by atoms with E-state index in [1.54, 1.807) is 0 Å². The van der Waals surface area contributed by atoms with Gasteiger partial charge in [0.25, 0.3) is 0 Å². The fraction of sp³-hybridized carbons (Fsp3) is 0.412. The molecule has 21 heavy (non-hydrogen) atoms. The van der Waals surface area contributed by atoms with Crippen molar-refractivity contribution in [3.63, 3.8) is 0 Å². The van der Waals surface area contributed by atoms with Crippen molar-refractivity contribution < 1.29 is 0 Å². The lowest BCUT2D eigenvalue weighted by Crippen LogP contribution is -2.21. The molecule has 1 heterocycles. The average molecular weight is 344 g/mol. The van der Waals surface area contributed by atoms with Crippen LogP contribution in [-0.2, 0) is 6.42 Å². The highest BCUT2D eigenvalue weighted by Gasteiger charge is 2.34. The van der Waals surface area contributed by atoms with Crippen LogP contribution < -0.4 is 5.32 Å². The van der Waals surface area contributed by atoms with Crippen LogP contribution in [0.25, 0.3) is 0 Å². The van der Waals surface area contributed by atoms with Gasteiger partial charge in [-0.15, -0.1) is 0 Å². The maximum absolute atomic E-state index is 4.90. The molecule has 2 aliphatic carbocycles. The molecule has 2 aromatic rings. The van der Waals surface area contributed by atoms with Crippen molar-refractivity contribution in [1.29, 1.82) is 0 Å². The molecule has 0 spiro atoms. The van der Waals surface area contributed by atoms with Crippen LogP contribution in [0.5, 0.6) is 0 Å². The maximum atomic E-state index is 4.90. The smallest absolute Gasteiger partial charge is 0.144 e. The van der Waals surface area contributed by atoms with Crippen molar-refractivity contribution in [1.82, 2.24) is 9.97 Å². The minimum atomic E-state index is 0.365. The quantitative estimate of drug-likeness (QED) is 0.902. The number of hydrogen-bond donors (Lipinski definition) is 1. The molecule has 0 saturated heterocycles. The summed E-state index contributed by atoms with van der Waals surface area (Å²) in [4.78, 5) is 9.68. The second-order valence-electron chi connectivity index (χ2n) is 5.89. The molecule has 0 radical (unpaired) electrons. The largest absolute Gasteiger partial charge is 0.369 e. The van der Waals surface area contributed by atoms with Crippen LogP contribution in [0, 0.1) is 0 Å². The Morgan fingerprint density at radius 3 is 2.76 bits per heavy atom. The lowest BCUT2D eigenvalue weighted by atomic mass is 9.77. The molecular formula is C17H18BrN3. The molecule has 1 unspecified atom stereocenters. The van der Waals surface area contributed by atoms with E-state index in [0.29, 0.717) is 11.8 Å². The van der Waals surface area contributed by atoms with E-state index < -0.39 is 0 Å². The zero-order valence-electron chi connectivity index (χ0n) is 12.1. The summed E-state index contributed by atoms with van der Waals surface area (Å²) in [6.45, 7) is 2.98. The topological polar surface area (TPSA) is 37.8 Å². The molecule has 4 rings (SSSR count). The highest BCUT2D eigenvalue weighted by molar-refractivity contribution is 9.10. The summed E-state index contributed by atoms with van der Waals surface area (Å²) in [5.74, 6) is 2.92. The first-order chi connectivity index (χ1) is 10.3. The zero-order valence-corrected chi connectivity index (χ0v) is 13.7. The molecule has 2 aliphatic rings. The first-order valence-electron chi connectivity index (χ1n) is 7.67. The predicted molar refractivity (Wildman–Crippen MR) is 87.9 cm³/mol. The first kappa shape index (κ1) is 13.3. The molecule has 1 N–H and O–H groups in total. The Bertz CT molecular complexity index is 694. The van der Waals surface area contributed by atoms with Gasteiger partial charge in [-0.3, -0.25) is 0 Å². The van der Waals surface area contributed by atoms with E-state index in [0.717, 1.165) is 29.1 Å². The molecule has 0 bridgehead atoms. The van der Waals surface area contributed by atoms with Crippen molar-refractivity contribution in [3.05, 3.63) is 51.4 Å². The molecule has 1 aromatic heterocycles. The lowest BCUT2D eigenvalue weighted by Gasteiger charge is -2.29. The van der Waals surface area contributed by atoms with Gasteiger partial charge in [-0.1, -0.05) is 24.3 Å². The van der Waals surface area contributed by atoms with Crippen LogP contribution in [0.2, 0.25) is 0 Å². The standard InChI is InChI=1S/C17H18BrN3/c1-2-19-17-14(18)15(10-7-8-10)20-16(21-17)13-9-11-5-3-4-6-12(11)13/h3-6,10,13H,2,7-9H2,1H3,(H,19,20,21). The van der Waals surface area contributed by atoms with E-state index in [1.165, 1.54) is 29.7 Å². The number of nitrogens with zero attached hydrogens (tertiary/aromatic N) is 2. The van der Waals surface area contributed by atoms with Gasteiger partial charge >= 0.3 is 0 Å². The number of benzene rings is 1. The van der Waals surface area contributed by atoms with Crippen molar-refractivity contribution in [2.45, 2.75) is 38.0 Å². The molecular weight excluding hydrogens is 326 g/mol. The number of rotatable bonds is 4. The fourth-order valence-electron chi connectivity index (χ4n) is 3.04. The summed E-state index contributed by atoms with van der Waals surface area (Å²) >= 11 is 3.69. The zero-order chi connectivity index (χ0) is 14.4. The third-order valence-electron chi connectivity index (χ3n) is 4.37. The van der Waals surface area contributed by atoms with Gasteiger partial charge in [0.15, 0.2) is 0 Å². The number of anilines is 1. The van der Waals surface area contributed by atoms with Crippen LogP contribution in [0.15, 0.2) is 28.7 Å². The van der Waals surface area contributed by atoms with Crippen LogP contribution in [0.1, 0.15) is 54.2 Å². The van der Waals surface area contributed by atoms with E-state index in [2.05, 4.69) is 52.4 Å². The number of aromatic nitrogens is 2. The van der Waals surface area contributed by atoms with Crippen LogP contribution in [0.4, 0.5) is 5.82 Å². The van der Waals surface area contributed by atoms with E-state index in [9.17, 15) is 0 Å². The molecule has 1 saturated carbocycles. The molecule has 4 heteroatoms. The second kappa shape index (κ2) is 5.09. The summed E-state index contributed by atoms with van der Waals surface area (Å²) < 4.78 is 1.06. The Morgan fingerprint density at radius 2 is 2.05 bits per heavy atom.